The van der Waals surface area contributed by atoms with Crippen LogP contribution in [0, 0.1) is 5.92 Å². The summed E-state index contributed by atoms with van der Waals surface area (Å²) in [5.74, 6) is 1.82. The zero-order valence-electron chi connectivity index (χ0n) is 17.8. The van der Waals surface area contributed by atoms with Gasteiger partial charge in [-0.15, -0.1) is 0 Å². The predicted molar refractivity (Wildman–Crippen MR) is 117 cm³/mol. The van der Waals surface area contributed by atoms with E-state index in [2.05, 4.69) is 79.5 Å². The molecule has 1 aromatic heterocycles. The van der Waals surface area contributed by atoms with E-state index in [0.29, 0.717) is 12.0 Å². The lowest BCUT2D eigenvalue weighted by atomic mass is 9.89. The van der Waals surface area contributed by atoms with Crippen molar-refractivity contribution in [2.24, 2.45) is 5.92 Å². The van der Waals surface area contributed by atoms with Crippen LogP contribution in [0.2, 0.25) is 0 Å². The number of hydrogen-bond donors (Lipinski definition) is 1. The molecule has 0 radical (unpaired) electrons. The molecule has 0 spiro atoms. The smallest absolute Gasteiger partial charge is 0.134 e. The second-order valence-corrected chi connectivity index (χ2v) is 9.51. The van der Waals surface area contributed by atoms with Crippen molar-refractivity contribution in [1.82, 2.24) is 14.7 Å². The number of aromatic nitrogens is 2. The van der Waals surface area contributed by atoms with Gasteiger partial charge in [0.15, 0.2) is 0 Å². The first-order chi connectivity index (χ1) is 13.4. The van der Waals surface area contributed by atoms with Gasteiger partial charge >= 0.3 is 0 Å². The number of fused-ring (bicyclic) bond motifs is 1. The van der Waals surface area contributed by atoms with Crippen LogP contribution in [0.1, 0.15) is 70.5 Å². The molecule has 0 amide bonds. The van der Waals surface area contributed by atoms with Crippen molar-refractivity contribution >= 4 is 11.5 Å². The lowest BCUT2D eigenvalue weighted by Crippen LogP contribution is -2.38. The van der Waals surface area contributed by atoms with E-state index in [9.17, 15) is 0 Å². The lowest BCUT2D eigenvalue weighted by molar-refractivity contribution is 0.263. The zero-order chi connectivity index (χ0) is 19.9. The molecule has 2 aromatic rings. The SMILES string of the molecule is C=C(c1cnn2c1NC(c1ccccc1)CC2(C)C)N1CCCC1CC(C)C. The van der Waals surface area contributed by atoms with Crippen molar-refractivity contribution in [2.45, 2.75) is 71.0 Å². The predicted octanol–water partition coefficient (Wildman–Crippen LogP) is 5.66. The van der Waals surface area contributed by atoms with Crippen LogP contribution < -0.4 is 5.32 Å². The molecule has 0 bridgehead atoms. The second-order valence-electron chi connectivity index (χ2n) is 9.51. The normalized spacial score (nSPS) is 23.5. The number of hydrogen-bond acceptors (Lipinski definition) is 3. The third-order valence-corrected chi connectivity index (χ3v) is 6.34. The molecule has 2 aliphatic heterocycles. The average molecular weight is 379 g/mol. The number of benzene rings is 1. The molecule has 150 valence electrons. The maximum absolute atomic E-state index is 4.78. The van der Waals surface area contributed by atoms with Crippen molar-refractivity contribution in [3.8, 4) is 0 Å². The zero-order valence-corrected chi connectivity index (χ0v) is 17.8. The minimum atomic E-state index is -0.0397. The first-order valence-electron chi connectivity index (χ1n) is 10.7. The van der Waals surface area contributed by atoms with E-state index >= 15 is 0 Å². The molecular weight excluding hydrogens is 344 g/mol. The Morgan fingerprint density at radius 2 is 2.04 bits per heavy atom. The molecule has 2 unspecified atom stereocenters. The number of likely N-dealkylation sites (tertiary alicyclic amines) is 1. The molecule has 1 N–H and O–H groups in total. The summed E-state index contributed by atoms with van der Waals surface area (Å²) in [6.07, 6.45) is 6.79. The van der Waals surface area contributed by atoms with Crippen LogP contribution in [0.4, 0.5) is 5.82 Å². The van der Waals surface area contributed by atoms with Gasteiger partial charge < -0.3 is 10.2 Å². The number of anilines is 1. The summed E-state index contributed by atoms with van der Waals surface area (Å²) in [6.45, 7) is 14.8. The lowest BCUT2D eigenvalue weighted by Gasteiger charge is -2.39. The summed E-state index contributed by atoms with van der Waals surface area (Å²) in [7, 11) is 0. The Kier molecular flexibility index (Phi) is 4.98. The van der Waals surface area contributed by atoms with Gasteiger partial charge in [0.2, 0.25) is 0 Å². The van der Waals surface area contributed by atoms with Gasteiger partial charge in [0.25, 0.3) is 0 Å². The maximum atomic E-state index is 4.78. The highest BCUT2D eigenvalue weighted by molar-refractivity contribution is 5.73. The highest BCUT2D eigenvalue weighted by Gasteiger charge is 2.37. The van der Waals surface area contributed by atoms with Gasteiger partial charge in [-0.1, -0.05) is 50.8 Å². The van der Waals surface area contributed by atoms with Crippen LogP contribution in [0.25, 0.3) is 5.70 Å². The van der Waals surface area contributed by atoms with E-state index in [1.807, 2.05) is 6.20 Å². The summed E-state index contributed by atoms with van der Waals surface area (Å²) in [4.78, 5) is 2.53. The first kappa shape index (κ1) is 19.1. The van der Waals surface area contributed by atoms with Gasteiger partial charge in [-0.25, -0.2) is 4.68 Å². The van der Waals surface area contributed by atoms with E-state index in [1.54, 1.807) is 0 Å². The summed E-state index contributed by atoms with van der Waals surface area (Å²) >= 11 is 0. The summed E-state index contributed by atoms with van der Waals surface area (Å²) < 4.78 is 2.17. The topological polar surface area (TPSA) is 33.1 Å². The van der Waals surface area contributed by atoms with Gasteiger partial charge in [0, 0.05) is 18.3 Å². The van der Waals surface area contributed by atoms with Crippen molar-refractivity contribution in [1.29, 1.82) is 0 Å². The van der Waals surface area contributed by atoms with Crippen LogP contribution in [0.5, 0.6) is 0 Å². The van der Waals surface area contributed by atoms with Crippen molar-refractivity contribution in [3.05, 3.63) is 54.2 Å². The quantitative estimate of drug-likeness (QED) is 0.729. The Balaban J connectivity index is 1.65. The molecule has 1 aromatic carbocycles. The van der Waals surface area contributed by atoms with Crippen molar-refractivity contribution < 1.29 is 0 Å². The third-order valence-electron chi connectivity index (χ3n) is 6.34. The highest BCUT2D eigenvalue weighted by atomic mass is 15.4. The van der Waals surface area contributed by atoms with E-state index < -0.39 is 0 Å². The molecule has 2 aliphatic rings. The van der Waals surface area contributed by atoms with Gasteiger partial charge in [0.1, 0.15) is 5.82 Å². The Hall–Kier alpha value is -2.23. The molecule has 1 saturated heterocycles. The van der Waals surface area contributed by atoms with Crippen molar-refractivity contribution in [2.75, 3.05) is 11.9 Å². The van der Waals surface area contributed by atoms with Crippen LogP contribution >= 0.6 is 0 Å². The fraction of sp³-hybridized carbons (Fsp3) is 0.542. The standard InChI is InChI=1S/C24H34N4/c1-17(2)14-20-12-9-13-27(20)18(3)21-16-25-28-23(21)26-22(15-24(28,4)5)19-10-7-6-8-11-19/h6-8,10-11,16-17,20,22,26H,3,9,12-15H2,1-2,4-5H3. The van der Waals surface area contributed by atoms with Crippen LogP contribution in [0.3, 0.4) is 0 Å². The Morgan fingerprint density at radius 3 is 2.75 bits per heavy atom. The number of rotatable bonds is 5. The largest absolute Gasteiger partial charge is 0.368 e. The first-order valence-corrected chi connectivity index (χ1v) is 10.7. The van der Waals surface area contributed by atoms with Crippen LogP contribution in [-0.2, 0) is 5.54 Å². The number of nitrogens with zero attached hydrogens (tertiary/aromatic N) is 3. The van der Waals surface area contributed by atoms with Crippen LogP contribution in [-0.4, -0.2) is 27.3 Å². The van der Waals surface area contributed by atoms with E-state index in [4.69, 9.17) is 5.10 Å². The monoisotopic (exact) mass is 378 g/mol. The fourth-order valence-corrected chi connectivity index (χ4v) is 4.98. The molecule has 1 fully saturated rings. The third kappa shape index (κ3) is 3.45. The van der Waals surface area contributed by atoms with Crippen molar-refractivity contribution in [3.63, 3.8) is 0 Å². The number of nitrogens with one attached hydrogen (secondary N) is 1. The van der Waals surface area contributed by atoms with E-state index in [1.165, 1.54) is 24.8 Å². The molecule has 4 rings (SSSR count). The van der Waals surface area contributed by atoms with Gasteiger partial charge in [-0.05, 0) is 51.0 Å². The molecule has 4 nitrogen and oxygen atoms in total. The van der Waals surface area contributed by atoms with E-state index in [0.717, 1.165) is 30.0 Å². The average Bonchev–Trinajstić information content (AvgIpc) is 3.28. The minimum absolute atomic E-state index is 0.0397. The van der Waals surface area contributed by atoms with Gasteiger partial charge in [-0.2, -0.15) is 5.10 Å². The summed E-state index contributed by atoms with van der Waals surface area (Å²) in [6, 6.07) is 11.6. The molecule has 4 heteroatoms. The van der Waals surface area contributed by atoms with E-state index in [-0.39, 0.29) is 11.6 Å². The molecule has 28 heavy (non-hydrogen) atoms. The summed E-state index contributed by atoms with van der Waals surface area (Å²) in [5, 5.41) is 8.57. The Morgan fingerprint density at radius 1 is 1.29 bits per heavy atom. The minimum Gasteiger partial charge on any atom is -0.368 e. The fourth-order valence-electron chi connectivity index (χ4n) is 4.98. The molecule has 0 saturated carbocycles. The maximum Gasteiger partial charge on any atom is 0.134 e. The van der Waals surface area contributed by atoms with Crippen LogP contribution in [0.15, 0.2) is 43.1 Å². The van der Waals surface area contributed by atoms with Gasteiger partial charge in [-0.3, -0.25) is 0 Å². The molecule has 3 heterocycles. The van der Waals surface area contributed by atoms with Gasteiger partial charge in [0.05, 0.1) is 23.3 Å². The second kappa shape index (κ2) is 7.31. The molecule has 2 atom stereocenters. The molecular formula is C24H34N4. The summed E-state index contributed by atoms with van der Waals surface area (Å²) in [5.41, 5.74) is 3.58. The highest BCUT2D eigenvalue weighted by Crippen LogP contribution is 2.42. The Bertz CT molecular complexity index is 834. The Labute approximate surface area is 169 Å². The molecule has 0 aliphatic carbocycles.